The van der Waals surface area contributed by atoms with Crippen LogP contribution >= 0.6 is 0 Å². The highest BCUT2D eigenvalue weighted by Gasteiger charge is 2.56. The minimum Gasteiger partial charge on any atom is -0.459 e. The lowest BCUT2D eigenvalue weighted by molar-refractivity contribution is -0.355. The van der Waals surface area contributed by atoms with E-state index in [0.717, 1.165) is 0 Å². The summed E-state index contributed by atoms with van der Waals surface area (Å²) in [6.07, 6.45) is -13.2. The third kappa shape index (κ3) is 11.5. The van der Waals surface area contributed by atoms with Gasteiger partial charge in [-0.3, -0.25) is 9.59 Å². The van der Waals surface area contributed by atoms with Crippen molar-refractivity contribution in [3.63, 3.8) is 0 Å². The molecule has 0 aromatic heterocycles. The van der Waals surface area contributed by atoms with Crippen molar-refractivity contribution in [3.05, 3.63) is 0 Å². The predicted octanol–water partition coefficient (Wildman–Crippen LogP) is 1.86. The number of ketones is 1. The molecule has 4 saturated heterocycles. The number of ether oxygens (including phenoxy) is 9. The summed E-state index contributed by atoms with van der Waals surface area (Å²) >= 11 is 0. The van der Waals surface area contributed by atoms with E-state index < -0.39 is 132 Å². The number of cyclic esters (lactones) is 1. The monoisotopic (exact) mass is 921 g/mol. The van der Waals surface area contributed by atoms with Crippen LogP contribution in [0.4, 0.5) is 0 Å². The average Bonchev–Trinajstić information content (AvgIpc) is 3.22. The maximum absolute atomic E-state index is 14.5. The van der Waals surface area contributed by atoms with Gasteiger partial charge in [0.05, 0.1) is 65.9 Å². The highest BCUT2D eigenvalue weighted by molar-refractivity contribution is 5.83. The Hall–Kier alpha value is -1.46. The minimum absolute atomic E-state index is 0.0725. The zero-order valence-corrected chi connectivity index (χ0v) is 41.5. The Kier molecular flexibility index (Phi) is 18.8. The van der Waals surface area contributed by atoms with Gasteiger partial charge in [-0.25, -0.2) is 0 Å². The molecule has 0 radical (unpaired) electrons. The van der Waals surface area contributed by atoms with Gasteiger partial charge in [-0.2, -0.15) is 0 Å². The van der Waals surface area contributed by atoms with Crippen LogP contribution in [0, 0.1) is 23.7 Å². The second kappa shape index (κ2) is 21.9. The maximum atomic E-state index is 14.5. The maximum Gasteiger partial charge on any atom is 0.311 e. The van der Waals surface area contributed by atoms with Crippen LogP contribution in [0.5, 0.6) is 0 Å². The van der Waals surface area contributed by atoms with Crippen LogP contribution in [0.1, 0.15) is 102 Å². The fourth-order valence-electron chi connectivity index (χ4n) is 10.7. The minimum atomic E-state index is -2.01. The molecule has 0 saturated carbocycles. The van der Waals surface area contributed by atoms with Crippen LogP contribution in [-0.2, 0) is 52.2 Å². The molecule has 0 spiro atoms. The van der Waals surface area contributed by atoms with Crippen LogP contribution in [-0.4, -0.2) is 204 Å². The normalized spacial score (nSPS) is 49.4. The second-order valence-corrected chi connectivity index (χ2v) is 20.4. The largest absolute Gasteiger partial charge is 0.459 e. The lowest BCUT2D eigenvalue weighted by Crippen LogP contribution is -2.65. The molecular formula is C46H84N2O16. The summed E-state index contributed by atoms with van der Waals surface area (Å²) < 4.78 is 57.8. The zero-order valence-electron chi connectivity index (χ0n) is 41.5. The molecule has 0 amide bonds. The van der Waals surface area contributed by atoms with Crippen molar-refractivity contribution in [3.8, 4) is 0 Å². The summed E-state index contributed by atoms with van der Waals surface area (Å²) in [5, 5.41) is 57.4. The standard InChI is InChI=1S/C46H84N2O16/c1-18-30-46(11,55)38(53)24(4)33(49)22(2)20-44(9,56-16)39(63-42-35(51)29(47(12)13)19-23(3)58-42)25(5)37(26(6)41(54)61-30)62-31-21-45(10,57-17)40(28(8)59-31)64-43-36(52)32(48(14)15)34(50)27(7)60-43/h22-32,34-40,42-43,50-53,55H,18-21H2,1-17H3/t22-,23-,24+,25+,26-,27-,28+,29+,30-,31+,32+,34-,35-,36-,37+,38-,39-,40+,42+,43+,44+,45-,46-/m1/s1. The molecule has 4 heterocycles. The van der Waals surface area contributed by atoms with Crippen molar-refractivity contribution in [2.24, 2.45) is 23.7 Å². The predicted molar refractivity (Wildman–Crippen MR) is 234 cm³/mol. The Morgan fingerprint density at radius 3 is 1.81 bits per heavy atom. The van der Waals surface area contributed by atoms with E-state index in [1.54, 1.807) is 67.5 Å². The number of rotatable bonds is 11. The smallest absolute Gasteiger partial charge is 0.311 e. The Balaban J connectivity index is 1.81. The third-order valence-electron chi connectivity index (χ3n) is 14.9. The number of likely N-dealkylation sites (N-methyl/N-ethyl adjacent to an activating group) is 2. The number of carbonyl (C=O) groups excluding carboxylic acids is 2. The van der Waals surface area contributed by atoms with Gasteiger partial charge in [-0.1, -0.05) is 27.7 Å². The molecular weight excluding hydrogens is 837 g/mol. The van der Waals surface area contributed by atoms with Crippen LogP contribution < -0.4 is 0 Å². The van der Waals surface area contributed by atoms with Crippen LogP contribution in [0.15, 0.2) is 0 Å². The molecule has 4 fully saturated rings. The molecule has 18 heteroatoms. The van der Waals surface area contributed by atoms with E-state index >= 15 is 0 Å². The van der Waals surface area contributed by atoms with E-state index in [2.05, 4.69) is 0 Å². The summed E-state index contributed by atoms with van der Waals surface area (Å²) in [4.78, 5) is 32.3. The van der Waals surface area contributed by atoms with Gasteiger partial charge in [0.25, 0.3) is 0 Å². The van der Waals surface area contributed by atoms with Gasteiger partial charge in [0.1, 0.15) is 35.8 Å². The molecule has 5 N–H and O–H groups in total. The number of aliphatic hydroxyl groups is 5. The molecule has 4 rings (SSSR count). The highest BCUT2D eigenvalue weighted by Crippen LogP contribution is 2.43. The van der Waals surface area contributed by atoms with Gasteiger partial charge in [0.15, 0.2) is 18.9 Å². The first-order valence-corrected chi connectivity index (χ1v) is 23.1. The topological polar surface area (TPSA) is 225 Å². The number of esters is 1. The van der Waals surface area contributed by atoms with Gasteiger partial charge in [0, 0.05) is 44.4 Å². The number of Topliss-reactive ketones (excluding diaryl/α,β-unsaturated/α-hetero) is 1. The number of methoxy groups -OCH3 is 2. The first kappa shape index (κ1) is 55.1. The molecule has 18 nitrogen and oxygen atoms in total. The van der Waals surface area contributed by atoms with E-state index in [1.807, 2.05) is 39.8 Å². The molecule has 0 aromatic carbocycles. The fourth-order valence-corrected chi connectivity index (χ4v) is 10.7. The molecule has 0 bridgehead atoms. The van der Waals surface area contributed by atoms with Crippen molar-refractivity contribution >= 4 is 11.8 Å². The Labute approximate surface area is 381 Å². The van der Waals surface area contributed by atoms with Gasteiger partial charge >= 0.3 is 5.97 Å². The number of aliphatic hydroxyl groups excluding tert-OH is 4. The van der Waals surface area contributed by atoms with Crippen LogP contribution in [0.2, 0.25) is 0 Å². The number of nitrogens with zero attached hydrogens (tertiary/aromatic N) is 2. The number of hydrogen-bond acceptors (Lipinski definition) is 18. The lowest BCUT2D eigenvalue weighted by Gasteiger charge is -2.51. The first-order valence-electron chi connectivity index (χ1n) is 23.1. The average molecular weight is 921 g/mol. The molecule has 23 atom stereocenters. The van der Waals surface area contributed by atoms with E-state index in [-0.39, 0.29) is 37.2 Å². The van der Waals surface area contributed by atoms with Crippen molar-refractivity contribution < 1.29 is 77.8 Å². The Morgan fingerprint density at radius 1 is 0.703 bits per heavy atom. The van der Waals surface area contributed by atoms with Gasteiger partial charge in [-0.05, 0) is 95.9 Å². The van der Waals surface area contributed by atoms with Crippen molar-refractivity contribution in [1.82, 2.24) is 9.80 Å². The Bertz CT molecular complexity index is 1520. The molecule has 64 heavy (non-hydrogen) atoms. The van der Waals surface area contributed by atoms with E-state index in [1.165, 1.54) is 21.1 Å². The third-order valence-corrected chi connectivity index (χ3v) is 14.9. The van der Waals surface area contributed by atoms with E-state index in [9.17, 15) is 35.1 Å². The van der Waals surface area contributed by atoms with E-state index in [0.29, 0.717) is 6.42 Å². The SMILES string of the molecule is CC[C@H]1OC(=O)[C@H](C)[C@@H](O[C@H]2C[C@@](C)(OC)[C@@H](O[C@@H]3O[C@H](C)[C@@H](O)[C@H](N(C)C)[C@H]3O)[C@H](C)O2)[C@H](C)[C@@H](O[C@@H]2O[C@H](C)C[C@H](N(C)C)[C@H]2O)[C@@](C)(OC)C[C@@H](C)C(=O)[C@H](C)[C@@H](O)[C@]1(C)O. The van der Waals surface area contributed by atoms with Gasteiger partial charge in [-0.15, -0.1) is 0 Å². The van der Waals surface area contributed by atoms with Gasteiger partial charge < -0.3 is 78.0 Å². The molecule has 0 aromatic rings. The van der Waals surface area contributed by atoms with Crippen molar-refractivity contribution in [1.29, 1.82) is 0 Å². The summed E-state index contributed by atoms with van der Waals surface area (Å²) in [5.74, 6) is -4.73. The highest BCUT2D eigenvalue weighted by atomic mass is 16.7. The first-order chi connectivity index (χ1) is 29.6. The summed E-state index contributed by atoms with van der Waals surface area (Å²) in [6.45, 7) is 18.9. The fraction of sp³-hybridized carbons (Fsp3) is 0.957. The summed E-state index contributed by atoms with van der Waals surface area (Å²) in [5.41, 5.74) is -4.43. The van der Waals surface area contributed by atoms with E-state index in [4.69, 9.17) is 42.6 Å². The Morgan fingerprint density at radius 2 is 1.27 bits per heavy atom. The molecule has 4 aliphatic rings. The molecule has 4 aliphatic heterocycles. The molecule has 0 unspecified atom stereocenters. The summed E-state index contributed by atoms with van der Waals surface area (Å²) in [7, 11) is 10.3. The van der Waals surface area contributed by atoms with Crippen LogP contribution in [0.3, 0.4) is 0 Å². The van der Waals surface area contributed by atoms with Crippen molar-refractivity contribution in [2.75, 3.05) is 42.4 Å². The van der Waals surface area contributed by atoms with Gasteiger partial charge in [0.2, 0.25) is 0 Å². The zero-order chi connectivity index (χ0) is 48.5. The quantitative estimate of drug-likeness (QED) is 0.187. The number of hydrogen-bond donors (Lipinski definition) is 5. The summed E-state index contributed by atoms with van der Waals surface area (Å²) in [6, 6.07) is -0.995. The van der Waals surface area contributed by atoms with Crippen molar-refractivity contribution in [2.45, 2.75) is 217 Å². The van der Waals surface area contributed by atoms with Crippen LogP contribution in [0.25, 0.3) is 0 Å². The number of carbonyl (C=O) groups is 2. The molecule has 374 valence electrons. The lowest BCUT2D eigenvalue weighted by atomic mass is 9.74. The molecule has 0 aliphatic carbocycles. The second-order valence-electron chi connectivity index (χ2n) is 20.4.